The molecule has 2 aromatic rings. The normalized spacial score (nSPS) is 17.3. The van der Waals surface area contributed by atoms with Gasteiger partial charge in [0, 0.05) is 24.8 Å². The molecule has 1 saturated heterocycles. The Hall–Kier alpha value is -2.26. The Morgan fingerprint density at radius 1 is 1.21 bits per heavy atom. The number of carbonyl (C=O) groups is 1. The molecule has 0 saturated carbocycles. The van der Waals surface area contributed by atoms with E-state index in [4.69, 9.17) is 5.14 Å². The molecule has 1 amide bonds. The minimum atomic E-state index is -3.85. The van der Waals surface area contributed by atoms with Crippen LogP contribution in [-0.4, -0.2) is 56.3 Å². The van der Waals surface area contributed by atoms with Gasteiger partial charge in [-0.2, -0.15) is 0 Å². The van der Waals surface area contributed by atoms with Crippen LogP contribution >= 0.6 is 0 Å². The van der Waals surface area contributed by atoms with Crippen LogP contribution in [0.2, 0.25) is 0 Å². The van der Waals surface area contributed by atoms with Crippen molar-refractivity contribution in [1.29, 1.82) is 0 Å². The van der Waals surface area contributed by atoms with Gasteiger partial charge in [0.15, 0.2) is 0 Å². The minimum absolute atomic E-state index is 0.00940. The molecule has 1 aliphatic heterocycles. The lowest BCUT2D eigenvalue weighted by molar-refractivity contribution is -0.118. The van der Waals surface area contributed by atoms with Crippen LogP contribution in [0.25, 0.3) is 0 Å². The third kappa shape index (κ3) is 7.11. The molecule has 0 bridgehead atoms. The fraction of sp³-hybridized carbons (Fsp3) is 0.480. The van der Waals surface area contributed by atoms with Crippen molar-refractivity contribution in [3.63, 3.8) is 0 Å². The summed E-state index contributed by atoms with van der Waals surface area (Å²) in [5, 5.41) is 8.24. The van der Waals surface area contributed by atoms with Crippen molar-refractivity contribution in [2.45, 2.75) is 57.5 Å². The molecule has 3 rings (SSSR count). The number of likely N-dealkylation sites (tertiary alicyclic amines) is 1. The Labute approximate surface area is 198 Å². The number of hydrogen-bond donors (Lipinski definition) is 2. The summed E-state index contributed by atoms with van der Waals surface area (Å²) >= 11 is 0. The molecule has 7 nitrogen and oxygen atoms in total. The summed E-state index contributed by atoms with van der Waals surface area (Å²) in [6.45, 7) is 9.83. The Kier molecular flexibility index (Phi) is 8.64. The summed E-state index contributed by atoms with van der Waals surface area (Å²) in [5.41, 5.74) is 3.41. The number of carbonyl (C=O) groups excluding carboxylic acids is 1. The molecule has 1 unspecified atom stereocenters. The topological polar surface area (TPSA) is 95.7 Å². The summed E-state index contributed by atoms with van der Waals surface area (Å²) in [7, 11) is -3.85. The van der Waals surface area contributed by atoms with Crippen molar-refractivity contribution < 1.29 is 13.2 Å². The SMILES string of the molecule is CCCN(CC(=O)Nc1cc(S(N)(=O)=O)cc(C)c1C)C1CCCN(Cc2ccccc2)C1. The van der Waals surface area contributed by atoms with Crippen LogP contribution in [0.4, 0.5) is 5.69 Å². The molecule has 1 aliphatic rings. The predicted molar refractivity (Wildman–Crippen MR) is 133 cm³/mol. The number of aryl methyl sites for hydroxylation is 1. The van der Waals surface area contributed by atoms with Crippen LogP contribution in [-0.2, 0) is 21.4 Å². The van der Waals surface area contributed by atoms with E-state index in [0.717, 1.165) is 56.6 Å². The fourth-order valence-corrected chi connectivity index (χ4v) is 5.11. The maximum atomic E-state index is 13.0. The van der Waals surface area contributed by atoms with Crippen LogP contribution in [0.1, 0.15) is 42.9 Å². The quantitative estimate of drug-likeness (QED) is 0.584. The Bertz CT molecular complexity index is 1060. The molecule has 0 spiro atoms. The van der Waals surface area contributed by atoms with E-state index in [1.165, 1.54) is 17.7 Å². The fourth-order valence-electron chi connectivity index (χ4n) is 4.49. The Morgan fingerprint density at radius 3 is 2.61 bits per heavy atom. The van der Waals surface area contributed by atoms with Crippen LogP contribution in [0.5, 0.6) is 0 Å². The minimum Gasteiger partial charge on any atom is -0.325 e. The maximum absolute atomic E-state index is 13.0. The summed E-state index contributed by atoms with van der Waals surface area (Å²) in [6.07, 6.45) is 3.13. The number of benzene rings is 2. The zero-order valence-corrected chi connectivity index (χ0v) is 20.7. The number of rotatable bonds is 9. The molecule has 33 heavy (non-hydrogen) atoms. The summed E-state index contributed by atoms with van der Waals surface area (Å²) < 4.78 is 23.6. The molecule has 8 heteroatoms. The lowest BCUT2D eigenvalue weighted by Gasteiger charge is -2.39. The highest BCUT2D eigenvalue weighted by Gasteiger charge is 2.26. The van der Waals surface area contributed by atoms with E-state index in [9.17, 15) is 13.2 Å². The van der Waals surface area contributed by atoms with Gasteiger partial charge in [-0.3, -0.25) is 14.6 Å². The zero-order chi connectivity index (χ0) is 24.0. The zero-order valence-electron chi connectivity index (χ0n) is 19.9. The van der Waals surface area contributed by atoms with Gasteiger partial charge in [-0.25, -0.2) is 13.6 Å². The van der Waals surface area contributed by atoms with Gasteiger partial charge in [0.25, 0.3) is 0 Å². The van der Waals surface area contributed by atoms with Gasteiger partial charge >= 0.3 is 0 Å². The van der Waals surface area contributed by atoms with Crippen molar-refractivity contribution in [3.8, 4) is 0 Å². The van der Waals surface area contributed by atoms with Gasteiger partial charge in [-0.15, -0.1) is 0 Å². The average molecular weight is 473 g/mol. The molecule has 0 radical (unpaired) electrons. The second-order valence-corrected chi connectivity index (χ2v) is 10.6. The van der Waals surface area contributed by atoms with E-state index in [2.05, 4.69) is 46.3 Å². The van der Waals surface area contributed by atoms with Crippen molar-refractivity contribution >= 4 is 21.6 Å². The Morgan fingerprint density at radius 2 is 1.94 bits per heavy atom. The van der Waals surface area contributed by atoms with Crippen LogP contribution in [0.15, 0.2) is 47.4 Å². The highest BCUT2D eigenvalue weighted by Crippen LogP contribution is 2.24. The van der Waals surface area contributed by atoms with Crippen molar-refractivity contribution in [3.05, 3.63) is 59.2 Å². The third-order valence-corrected chi connectivity index (χ3v) is 7.24. The van der Waals surface area contributed by atoms with Crippen LogP contribution in [0, 0.1) is 13.8 Å². The van der Waals surface area contributed by atoms with E-state index in [1.54, 1.807) is 0 Å². The number of piperidine rings is 1. The van der Waals surface area contributed by atoms with Gasteiger partial charge in [0.05, 0.1) is 11.4 Å². The average Bonchev–Trinajstić information content (AvgIpc) is 2.76. The van der Waals surface area contributed by atoms with Gasteiger partial charge < -0.3 is 5.32 Å². The molecule has 1 atom stereocenters. The number of anilines is 1. The molecule has 1 fully saturated rings. The molecule has 1 heterocycles. The van der Waals surface area contributed by atoms with Crippen molar-refractivity contribution in [2.75, 3.05) is 31.5 Å². The number of hydrogen-bond acceptors (Lipinski definition) is 5. The van der Waals surface area contributed by atoms with E-state index >= 15 is 0 Å². The molecular weight excluding hydrogens is 436 g/mol. The molecule has 0 aliphatic carbocycles. The summed E-state index contributed by atoms with van der Waals surface area (Å²) in [5.74, 6) is -0.141. The molecule has 2 aromatic carbocycles. The molecule has 180 valence electrons. The highest BCUT2D eigenvalue weighted by atomic mass is 32.2. The number of sulfonamides is 1. The van der Waals surface area contributed by atoms with Gasteiger partial charge in [0.1, 0.15) is 0 Å². The molecule has 0 aromatic heterocycles. The number of nitrogens with zero attached hydrogens (tertiary/aromatic N) is 2. The number of nitrogens with two attached hydrogens (primary N) is 1. The number of nitrogens with one attached hydrogen (secondary N) is 1. The Balaban J connectivity index is 1.68. The first kappa shape index (κ1) is 25.4. The van der Waals surface area contributed by atoms with Gasteiger partial charge in [-0.1, -0.05) is 37.3 Å². The molecule has 3 N–H and O–H groups in total. The first-order chi connectivity index (χ1) is 15.7. The summed E-state index contributed by atoms with van der Waals surface area (Å²) in [4.78, 5) is 17.7. The number of amides is 1. The first-order valence-corrected chi connectivity index (χ1v) is 13.2. The van der Waals surface area contributed by atoms with Gasteiger partial charge in [0.2, 0.25) is 15.9 Å². The maximum Gasteiger partial charge on any atom is 0.238 e. The van der Waals surface area contributed by atoms with E-state index in [0.29, 0.717) is 11.7 Å². The van der Waals surface area contributed by atoms with Crippen LogP contribution in [0.3, 0.4) is 0 Å². The second kappa shape index (κ2) is 11.2. The second-order valence-electron chi connectivity index (χ2n) is 8.99. The van der Waals surface area contributed by atoms with E-state index < -0.39 is 10.0 Å². The van der Waals surface area contributed by atoms with E-state index in [1.807, 2.05) is 19.9 Å². The van der Waals surface area contributed by atoms with Crippen molar-refractivity contribution in [1.82, 2.24) is 9.80 Å². The standard InChI is InChI=1S/C25H36N4O3S/c1-4-12-29(22-11-8-13-28(17-22)16-21-9-6-5-7-10-21)18-25(30)27-24-15-23(33(26,31)32)14-19(2)20(24)3/h5-7,9-10,14-15,22H,4,8,11-13,16-18H2,1-3H3,(H,27,30)(H2,26,31,32). The monoisotopic (exact) mass is 472 g/mol. The first-order valence-electron chi connectivity index (χ1n) is 11.6. The lowest BCUT2D eigenvalue weighted by atomic mass is 10.0. The summed E-state index contributed by atoms with van der Waals surface area (Å²) in [6, 6.07) is 13.8. The molecular formula is C25H36N4O3S. The van der Waals surface area contributed by atoms with E-state index in [-0.39, 0.29) is 17.3 Å². The van der Waals surface area contributed by atoms with Crippen LogP contribution < -0.4 is 10.5 Å². The highest BCUT2D eigenvalue weighted by molar-refractivity contribution is 7.89. The smallest absolute Gasteiger partial charge is 0.238 e. The largest absolute Gasteiger partial charge is 0.325 e. The third-order valence-electron chi connectivity index (χ3n) is 6.35. The number of primary sulfonamides is 1. The lowest BCUT2D eigenvalue weighted by Crippen LogP contribution is -2.50. The predicted octanol–water partition coefficient (Wildman–Crippen LogP) is 3.27. The van der Waals surface area contributed by atoms with Crippen molar-refractivity contribution in [2.24, 2.45) is 5.14 Å². The van der Waals surface area contributed by atoms with Gasteiger partial charge in [-0.05, 0) is 75.0 Å².